The van der Waals surface area contributed by atoms with E-state index < -0.39 is 28.8 Å². The van der Waals surface area contributed by atoms with Gasteiger partial charge in [-0.05, 0) is 6.92 Å². The van der Waals surface area contributed by atoms with Crippen LogP contribution in [-0.2, 0) is 13.2 Å². The molecule has 1 aliphatic rings. The van der Waals surface area contributed by atoms with Crippen LogP contribution in [0.5, 0.6) is 0 Å². The number of carbonyl (C=O) groups excluding carboxylic acids is 1. The van der Waals surface area contributed by atoms with E-state index in [2.05, 4.69) is 5.10 Å². The SMILES string of the molecule is Cn1nc(C(F)(F)F)cc1C(=O)N1CC(C)(C)C(C)(O)C1. The van der Waals surface area contributed by atoms with Crippen molar-refractivity contribution in [1.29, 1.82) is 0 Å². The van der Waals surface area contributed by atoms with Crippen LogP contribution in [-0.4, -0.2) is 44.4 Å². The molecule has 1 unspecified atom stereocenters. The molecule has 1 atom stereocenters. The standard InChI is InChI=1S/C13H18F3N3O2/c1-11(2)6-19(7-12(11,3)21)10(20)8-5-9(13(14,15)16)17-18(8)4/h5,21H,6-7H2,1-4H3. The van der Waals surface area contributed by atoms with Gasteiger partial charge in [0.25, 0.3) is 5.91 Å². The summed E-state index contributed by atoms with van der Waals surface area (Å²) >= 11 is 0. The summed E-state index contributed by atoms with van der Waals surface area (Å²) < 4.78 is 38.8. The Hall–Kier alpha value is -1.57. The van der Waals surface area contributed by atoms with E-state index in [1.165, 1.54) is 11.9 Å². The van der Waals surface area contributed by atoms with Gasteiger partial charge in [-0.25, -0.2) is 0 Å². The van der Waals surface area contributed by atoms with Gasteiger partial charge in [0.1, 0.15) is 5.69 Å². The van der Waals surface area contributed by atoms with E-state index in [-0.39, 0.29) is 18.8 Å². The Morgan fingerprint density at radius 2 is 1.90 bits per heavy atom. The van der Waals surface area contributed by atoms with Gasteiger partial charge in [-0.3, -0.25) is 9.48 Å². The zero-order valence-electron chi connectivity index (χ0n) is 12.3. The van der Waals surface area contributed by atoms with Crippen LogP contribution in [0.1, 0.15) is 37.0 Å². The first kappa shape index (κ1) is 15.8. The van der Waals surface area contributed by atoms with Gasteiger partial charge in [0.15, 0.2) is 5.69 Å². The van der Waals surface area contributed by atoms with Crippen molar-refractivity contribution in [2.24, 2.45) is 12.5 Å². The molecule has 1 aliphatic heterocycles. The molecule has 2 rings (SSSR count). The van der Waals surface area contributed by atoms with Crippen LogP contribution in [0.15, 0.2) is 6.07 Å². The zero-order valence-corrected chi connectivity index (χ0v) is 12.3. The molecule has 8 heteroatoms. The number of likely N-dealkylation sites (tertiary alicyclic amines) is 1. The smallest absolute Gasteiger partial charge is 0.388 e. The minimum absolute atomic E-state index is 0.0748. The predicted octanol–water partition coefficient (Wildman–Crippen LogP) is 1.67. The van der Waals surface area contributed by atoms with E-state index in [1.54, 1.807) is 6.92 Å². The number of rotatable bonds is 1. The van der Waals surface area contributed by atoms with Crippen LogP contribution >= 0.6 is 0 Å². The van der Waals surface area contributed by atoms with E-state index >= 15 is 0 Å². The average Bonchev–Trinajstić information content (AvgIpc) is 2.76. The Bertz CT molecular complexity index is 560. The van der Waals surface area contributed by atoms with Gasteiger partial charge in [0, 0.05) is 25.1 Å². The number of aliphatic hydroxyl groups is 1. The number of carbonyl (C=O) groups is 1. The van der Waals surface area contributed by atoms with Crippen LogP contribution in [0, 0.1) is 5.41 Å². The van der Waals surface area contributed by atoms with Gasteiger partial charge in [-0.2, -0.15) is 18.3 Å². The van der Waals surface area contributed by atoms with Crippen LogP contribution in [0.4, 0.5) is 13.2 Å². The summed E-state index contributed by atoms with van der Waals surface area (Å²) in [6.45, 7) is 5.58. The molecule has 1 amide bonds. The molecule has 1 N–H and O–H groups in total. The number of halogens is 3. The van der Waals surface area contributed by atoms with Gasteiger partial charge in [0.2, 0.25) is 0 Å². The summed E-state index contributed by atoms with van der Waals surface area (Å²) in [5.74, 6) is -0.564. The number of amides is 1. The highest BCUT2D eigenvalue weighted by Crippen LogP contribution is 2.39. The molecular formula is C13H18F3N3O2. The number of aromatic nitrogens is 2. The Balaban J connectivity index is 2.29. The average molecular weight is 305 g/mol. The summed E-state index contributed by atoms with van der Waals surface area (Å²) in [4.78, 5) is 13.7. The Morgan fingerprint density at radius 3 is 2.29 bits per heavy atom. The van der Waals surface area contributed by atoms with Crippen molar-refractivity contribution < 1.29 is 23.1 Å². The van der Waals surface area contributed by atoms with Gasteiger partial charge >= 0.3 is 6.18 Å². The molecule has 21 heavy (non-hydrogen) atoms. The van der Waals surface area contributed by atoms with Crippen molar-refractivity contribution in [3.05, 3.63) is 17.5 Å². The summed E-state index contributed by atoms with van der Waals surface area (Å²) in [5.41, 5.74) is -2.86. The van der Waals surface area contributed by atoms with Crippen molar-refractivity contribution in [3.63, 3.8) is 0 Å². The van der Waals surface area contributed by atoms with Gasteiger partial charge in [-0.15, -0.1) is 0 Å². The van der Waals surface area contributed by atoms with E-state index in [0.29, 0.717) is 0 Å². The van der Waals surface area contributed by atoms with E-state index in [1.807, 2.05) is 13.8 Å². The topological polar surface area (TPSA) is 58.4 Å². The molecule has 0 bridgehead atoms. The second-order valence-corrected chi connectivity index (χ2v) is 6.36. The second-order valence-electron chi connectivity index (χ2n) is 6.36. The van der Waals surface area contributed by atoms with Crippen LogP contribution in [0.3, 0.4) is 0 Å². The summed E-state index contributed by atoms with van der Waals surface area (Å²) in [7, 11) is 1.29. The number of nitrogens with zero attached hydrogens (tertiary/aromatic N) is 3. The lowest BCUT2D eigenvalue weighted by Gasteiger charge is -2.30. The largest absolute Gasteiger partial charge is 0.435 e. The van der Waals surface area contributed by atoms with Crippen LogP contribution in [0.2, 0.25) is 0 Å². The molecule has 1 fully saturated rings. The fourth-order valence-corrected chi connectivity index (χ4v) is 2.40. The van der Waals surface area contributed by atoms with E-state index in [0.717, 1.165) is 10.7 Å². The molecule has 0 radical (unpaired) electrons. The minimum atomic E-state index is -4.59. The Morgan fingerprint density at radius 1 is 1.33 bits per heavy atom. The lowest BCUT2D eigenvalue weighted by molar-refractivity contribution is -0.141. The zero-order chi connectivity index (χ0) is 16.2. The molecule has 1 aromatic rings. The number of alkyl halides is 3. The maximum absolute atomic E-state index is 12.6. The summed E-state index contributed by atoms with van der Waals surface area (Å²) in [6.07, 6.45) is -4.59. The van der Waals surface area contributed by atoms with Crippen molar-refractivity contribution in [3.8, 4) is 0 Å². The highest BCUT2D eigenvalue weighted by atomic mass is 19.4. The fraction of sp³-hybridized carbons (Fsp3) is 0.692. The highest BCUT2D eigenvalue weighted by Gasteiger charge is 2.49. The second kappa shape index (κ2) is 4.46. The van der Waals surface area contributed by atoms with Gasteiger partial charge in [-0.1, -0.05) is 13.8 Å². The monoisotopic (exact) mass is 305 g/mol. The molecular weight excluding hydrogens is 287 g/mol. The lowest BCUT2D eigenvalue weighted by atomic mass is 9.79. The van der Waals surface area contributed by atoms with Crippen LogP contribution in [0.25, 0.3) is 0 Å². The number of hydrogen-bond acceptors (Lipinski definition) is 3. The minimum Gasteiger partial charge on any atom is -0.388 e. The third-order valence-electron chi connectivity index (χ3n) is 4.22. The molecule has 0 aromatic carbocycles. The number of β-amino-alcohol motifs (C(OH)–C–C–N with tert-alkyl or cyclic N) is 1. The van der Waals surface area contributed by atoms with Gasteiger partial charge in [0.05, 0.1) is 12.1 Å². The van der Waals surface area contributed by atoms with Crippen molar-refractivity contribution in [2.45, 2.75) is 32.5 Å². The quantitative estimate of drug-likeness (QED) is 0.858. The molecule has 5 nitrogen and oxygen atoms in total. The lowest BCUT2D eigenvalue weighted by Crippen LogP contribution is -2.40. The number of hydrogen-bond donors (Lipinski definition) is 1. The number of aryl methyl sites for hydroxylation is 1. The summed E-state index contributed by atoms with van der Waals surface area (Å²) in [6, 6.07) is 0.738. The first-order chi connectivity index (χ1) is 9.35. The van der Waals surface area contributed by atoms with E-state index in [4.69, 9.17) is 0 Å². The molecule has 0 saturated carbocycles. The molecule has 1 aromatic heterocycles. The first-order valence-electron chi connectivity index (χ1n) is 6.48. The Kier molecular flexibility index (Phi) is 3.36. The van der Waals surface area contributed by atoms with Gasteiger partial charge < -0.3 is 10.0 Å². The molecule has 118 valence electrons. The van der Waals surface area contributed by atoms with E-state index in [9.17, 15) is 23.1 Å². The maximum Gasteiger partial charge on any atom is 0.435 e. The molecule has 0 spiro atoms. The third kappa shape index (κ3) is 2.64. The van der Waals surface area contributed by atoms with Crippen LogP contribution < -0.4 is 0 Å². The summed E-state index contributed by atoms with van der Waals surface area (Å²) in [5, 5.41) is 13.6. The normalized spacial score (nSPS) is 25.4. The fourth-order valence-electron chi connectivity index (χ4n) is 2.40. The van der Waals surface area contributed by atoms with Crippen molar-refractivity contribution in [1.82, 2.24) is 14.7 Å². The third-order valence-corrected chi connectivity index (χ3v) is 4.22. The molecule has 1 saturated heterocycles. The highest BCUT2D eigenvalue weighted by molar-refractivity contribution is 5.93. The Labute approximate surface area is 120 Å². The molecule has 2 heterocycles. The predicted molar refractivity (Wildman–Crippen MR) is 68.5 cm³/mol. The first-order valence-corrected chi connectivity index (χ1v) is 6.48. The maximum atomic E-state index is 12.6. The molecule has 0 aliphatic carbocycles. The van der Waals surface area contributed by atoms with Crippen molar-refractivity contribution >= 4 is 5.91 Å². The van der Waals surface area contributed by atoms with Crippen molar-refractivity contribution in [2.75, 3.05) is 13.1 Å².